The van der Waals surface area contributed by atoms with Crippen LogP contribution in [0.25, 0.3) is 0 Å². The van der Waals surface area contributed by atoms with Crippen molar-refractivity contribution in [3.63, 3.8) is 0 Å². The molecule has 3 N–H and O–H groups in total. The molecule has 0 aromatic heterocycles. The highest BCUT2D eigenvalue weighted by molar-refractivity contribution is 5.28. The standard InChI is InChI=1S/C10H13F2NO/c1-10(13,6-11)9(12)7-2-4-8(14)5-3-7/h2-5,9,14H,6,13H2,1H3. The lowest BCUT2D eigenvalue weighted by Gasteiger charge is -2.25. The van der Waals surface area contributed by atoms with Crippen molar-refractivity contribution in [2.75, 3.05) is 6.67 Å². The lowest BCUT2D eigenvalue weighted by Crippen LogP contribution is -2.43. The predicted molar refractivity (Wildman–Crippen MR) is 50.5 cm³/mol. The molecule has 0 spiro atoms. The van der Waals surface area contributed by atoms with Crippen LogP contribution in [-0.2, 0) is 0 Å². The van der Waals surface area contributed by atoms with Gasteiger partial charge in [-0.1, -0.05) is 12.1 Å². The number of alkyl halides is 2. The number of aromatic hydroxyl groups is 1. The van der Waals surface area contributed by atoms with Crippen LogP contribution in [0.2, 0.25) is 0 Å². The molecule has 0 fully saturated rings. The smallest absolute Gasteiger partial charge is 0.145 e. The number of benzene rings is 1. The van der Waals surface area contributed by atoms with E-state index in [1.54, 1.807) is 0 Å². The first-order chi connectivity index (χ1) is 6.47. The first-order valence-electron chi connectivity index (χ1n) is 4.25. The number of phenols is 1. The molecule has 0 saturated heterocycles. The Labute approximate surface area is 81.4 Å². The molecule has 1 rings (SSSR count). The quantitative estimate of drug-likeness (QED) is 0.786. The third kappa shape index (κ3) is 2.20. The van der Waals surface area contributed by atoms with E-state index in [0.717, 1.165) is 0 Å². The summed E-state index contributed by atoms with van der Waals surface area (Å²) in [5, 5.41) is 8.97. The zero-order chi connectivity index (χ0) is 10.8. The Morgan fingerprint density at radius 3 is 2.36 bits per heavy atom. The van der Waals surface area contributed by atoms with Gasteiger partial charge in [0.25, 0.3) is 0 Å². The van der Waals surface area contributed by atoms with E-state index in [-0.39, 0.29) is 11.3 Å². The van der Waals surface area contributed by atoms with E-state index in [9.17, 15) is 8.78 Å². The van der Waals surface area contributed by atoms with Crippen LogP contribution < -0.4 is 5.73 Å². The second-order valence-electron chi connectivity index (χ2n) is 3.59. The van der Waals surface area contributed by atoms with Gasteiger partial charge in [0.2, 0.25) is 0 Å². The van der Waals surface area contributed by atoms with Gasteiger partial charge < -0.3 is 10.8 Å². The summed E-state index contributed by atoms with van der Waals surface area (Å²) in [6, 6.07) is 5.47. The highest BCUT2D eigenvalue weighted by Gasteiger charge is 2.31. The predicted octanol–water partition coefficient (Wildman–Crippen LogP) is 2.09. The van der Waals surface area contributed by atoms with Crippen molar-refractivity contribution in [2.24, 2.45) is 5.73 Å². The first kappa shape index (κ1) is 10.9. The molecule has 0 aliphatic rings. The zero-order valence-electron chi connectivity index (χ0n) is 7.87. The number of hydrogen-bond donors (Lipinski definition) is 2. The minimum Gasteiger partial charge on any atom is -0.508 e. The van der Waals surface area contributed by atoms with Crippen LogP contribution in [-0.4, -0.2) is 17.3 Å². The molecule has 0 heterocycles. The summed E-state index contributed by atoms with van der Waals surface area (Å²) in [6.07, 6.45) is -1.58. The number of rotatable bonds is 3. The molecule has 14 heavy (non-hydrogen) atoms. The van der Waals surface area contributed by atoms with Crippen LogP contribution in [0.15, 0.2) is 24.3 Å². The molecule has 78 valence electrons. The monoisotopic (exact) mass is 201 g/mol. The van der Waals surface area contributed by atoms with Crippen LogP contribution in [0, 0.1) is 0 Å². The molecule has 0 aliphatic heterocycles. The fourth-order valence-electron chi connectivity index (χ4n) is 1.09. The Bertz CT molecular complexity index is 297. The van der Waals surface area contributed by atoms with Crippen LogP contribution in [0.3, 0.4) is 0 Å². The fraction of sp³-hybridized carbons (Fsp3) is 0.400. The van der Waals surface area contributed by atoms with Crippen molar-refractivity contribution in [1.82, 2.24) is 0 Å². The molecular weight excluding hydrogens is 188 g/mol. The Morgan fingerprint density at radius 1 is 1.43 bits per heavy atom. The molecule has 1 aromatic rings. The van der Waals surface area contributed by atoms with E-state index in [1.165, 1.54) is 31.2 Å². The molecule has 0 radical (unpaired) electrons. The number of halogens is 2. The average molecular weight is 201 g/mol. The van der Waals surface area contributed by atoms with Gasteiger partial charge in [0.1, 0.15) is 18.6 Å². The van der Waals surface area contributed by atoms with Gasteiger partial charge >= 0.3 is 0 Å². The molecule has 2 atom stereocenters. The van der Waals surface area contributed by atoms with Crippen molar-refractivity contribution in [3.8, 4) is 5.75 Å². The SMILES string of the molecule is CC(N)(CF)C(F)c1ccc(O)cc1. The van der Waals surface area contributed by atoms with E-state index < -0.39 is 18.4 Å². The topological polar surface area (TPSA) is 46.2 Å². The van der Waals surface area contributed by atoms with Gasteiger partial charge in [0.15, 0.2) is 0 Å². The van der Waals surface area contributed by atoms with Gasteiger partial charge in [0, 0.05) is 0 Å². The molecule has 2 unspecified atom stereocenters. The van der Waals surface area contributed by atoms with Crippen molar-refractivity contribution in [3.05, 3.63) is 29.8 Å². The summed E-state index contributed by atoms with van der Waals surface area (Å²) in [5.41, 5.74) is 4.17. The Balaban J connectivity index is 2.89. The first-order valence-corrected chi connectivity index (χ1v) is 4.25. The summed E-state index contributed by atoms with van der Waals surface area (Å²) in [7, 11) is 0. The summed E-state index contributed by atoms with van der Waals surface area (Å²) in [5.74, 6) is 0.0416. The van der Waals surface area contributed by atoms with Crippen LogP contribution in [0.1, 0.15) is 18.7 Å². The average Bonchev–Trinajstić information content (AvgIpc) is 2.18. The number of hydrogen-bond acceptors (Lipinski definition) is 2. The minimum atomic E-state index is -1.58. The molecule has 0 aliphatic carbocycles. The highest BCUT2D eigenvalue weighted by Crippen LogP contribution is 2.29. The Hall–Kier alpha value is -1.16. The largest absolute Gasteiger partial charge is 0.508 e. The Kier molecular flexibility index (Phi) is 3.06. The van der Waals surface area contributed by atoms with E-state index in [0.29, 0.717) is 0 Å². The van der Waals surface area contributed by atoms with Gasteiger partial charge in [-0.15, -0.1) is 0 Å². The maximum Gasteiger partial charge on any atom is 0.145 e. The zero-order valence-corrected chi connectivity index (χ0v) is 7.87. The molecule has 2 nitrogen and oxygen atoms in total. The van der Waals surface area contributed by atoms with Gasteiger partial charge in [0.05, 0.1) is 5.54 Å². The highest BCUT2D eigenvalue weighted by atomic mass is 19.1. The summed E-state index contributed by atoms with van der Waals surface area (Å²) in [4.78, 5) is 0. The molecule has 1 aromatic carbocycles. The third-order valence-corrected chi connectivity index (χ3v) is 2.05. The van der Waals surface area contributed by atoms with Crippen LogP contribution in [0.5, 0.6) is 5.75 Å². The fourth-order valence-corrected chi connectivity index (χ4v) is 1.09. The summed E-state index contributed by atoms with van der Waals surface area (Å²) >= 11 is 0. The minimum absolute atomic E-state index is 0.0416. The van der Waals surface area contributed by atoms with E-state index >= 15 is 0 Å². The van der Waals surface area contributed by atoms with E-state index in [1.807, 2.05) is 0 Å². The van der Waals surface area contributed by atoms with Gasteiger partial charge in [-0.2, -0.15) is 0 Å². The summed E-state index contributed by atoms with van der Waals surface area (Å²) < 4.78 is 26.0. The normalized spacial score (nSPS) is 17.4. The number of nitrogens with two attached hydrogens (primary N) is 1. The Morgan fingerprint density at radius 2 is 1.93 bits per heavy atom. The van der Waals surface area contributed by atoms with Crippen molar-refractivity contribution in [1.29, 1.82) is 0 Å². The van der Waals surface area contributed by atoms with Crippen LogP contribution >= 0.6 is 0 Å². The van der Waals surface area contributed by atoms with Crippen LogP contribution in [0.4, 0.5) is 8.78 Å². The van der Waals surface area contributed by atoms with Gasteiger partial charge in [-0.25, -0.2) is 8.78 Å². The number of phenolic OH excluding ortho intramolecular Hbond substituents is 1. The van der Waals surface area contributed by atoms with Crippen molar-refractivity contribution >= 4 is 0 Å². The van der Waals surface area contributed by atoms with E-state index in [2.05, 4.69) is 0 Å². The molecular formula is C10H13F2NO. The van der Waals surface area contributed by atoms with Gasteiger partial charge in [-0.05, 0) is 24.6 Å². The molecule has 0 saturated carbocycles. The second-order valence-corrected chi connectivity index (χ2v) is 3.59. The lowest BCUT2D eigenvalue weighted by molar-refractivity contribution is 0.170. The van der Waals surface area contributed by atoms with E-state index in [4.69, 9.17) is 10.8 Å². The van der Waals surface area contributed by atoms with Crippen molar-refractivity contribution < 1.29 is 13.9 Å². The third-order valence-electron chi connectivity index (χ3n) is 2.05. The lowest BCUT2D eigenvalue weighted by atomic mass is 9.93. The maximum atomic E-state index is 13.6. The van der Waals surface area contributed by atoms with Gasteiger partial charge in [-0.3, -0.25) is 0 Å². The van der Waals surface area contributed by atoms with Crippen molar-refractivity contribution in [2.45, 2.75) is 18.6 Å². The molecule has 0 amide bonds. The molecule has 0 bridgehead atoms. The molecule has 4 heteroatoms. The maximum absolute atomic E-state index is 13.6. The summed E-state index contributed by atoms with van der Waals surface area (Å²) in [6.45, 7) is 0.375. The second kappa shape index (κ2) is 3.92.